The predicted molar refractivity (Wildman–Crippen MR) is 53.2 cm³/mol. The number of hydrogen-bond donors (Lipinski definition) is 0. The third kappa shape index (κ3) is 2.00. The van der Waals surface area contributed by atoms with E-state index < -0.39 is 0 Å². The quantitative estimate of drug-likeness (QED) is 0.196. The number of Topliss-reactive ketones (excluding diaryl/α,β-unsaturated/α-hetero) is 1. The normalized spacial score (nSPS) is 35.2. The molecular formula is C10H15NaO4S. The van der Waals surface area contributed by atoms with Gasteiger partial charge in [-0.15, -0.1) is 0 Å². The molecule has 2 saturated carbocycles. The second-order valence-electron chi connectivity index (χ2n) is 5.06. The van der Waals surface area contributed by atoms with Gasteiger partial charge in [0.1, 0.15) is 5.78 Å². The van der Waals surface area contributed by atoms with Crippen molar-refractivity contribution in [3.63, 3.8) is 0 Å². The Balaban J connectivity index is 0.00000128. The summed E-state index contributed by atoms with van der Waals surface area (Å²) in [6.07, 6.45) is 2.71. The van der Waals surface area contributed by atoms with Crippen molar-refractivity contribution in [2.75, 3.05) is 5.75 Å². The second-order valence-corrected chi connectivity index (χ2v) is 5.73. The van der Waals surface area contributed by atoms with Crippen LogP contribution in [0.3, 0.4) is 0 Å². The Hall–Kier alpha value is 0.900. The molecule has 6 heteroatoms. The van der Waals surface area contributed by atoms with Crippen LogP contribution in [0.25, 0.3) is 0 Å². The molecule has 86 valence electrons. The Morgan fingerprint density at radius 1 is 1.56 bits per heavy atom. The van der Waals surface area contributed by atoms with Crippen molar-refractivity contribution in [1.29, 1.82) is 0 Å². The second kappa shape index (κ2) is 5.26. The molecule has 2 unspecified atom stereocenters. The number of rotatable bonds is 4. The molecule has 0 aromatic heterocycles. The monoisotopic (exact) mass is 254 g/mol. The van der Waals surface area contributed by atoms with E-state index in [1.165, 1.54) is 0 Å². The van der Waals surface area contributed by atoms with E-state index in [-0.39, 0.29) is 40.4 Å². The van der Waals surface area contributed by atoms with Crippen molar-refractivity contribution < 1.29 is 49.0 Å². The predicted octanol–water partition coefficient (Wildman–Crippen LogP) is -1.74. The number of fused-ring (bicyclic) bond motifs is 2. The van der Waals surface area contributed by atoms with E-state index in [0.29, 0.717) is 23.9 Å². The number of carbonyl (C=O) groups is 1. The first-order chi connectivity index (χ1) is 7.04. The molecule has 0 aromatic rings. The molecule has 2 bridgehead atoms. The van der Waals surface area contributed by atoms with Crippen LogP contribution >= 0.6 is 12.0 Å². The van der Waals surface area contributed by atoms with E-state index >= 15 is 0 Å². The number of carbonyl (C=O) groups excluding carboxylic acids is 1. The van der Waals surface area contributed by atoms with Crippen LogP contribution < -0.4 is 34.8 Å². The molecule has 2 fully saturated rings. The van der Waals surface area contributed by atoms with Gasteiger partial charge in [-0.2, -0.15) is 4.33 Å². The first-order valence-electron chi connectivity index (χ1n) is 5.16. The maximum Gasteiger partial charge on any atom is 1.00 e. The van der Waals surface area contributed by atoms with Crippen molar-refractivity contribution >= 4 is 17.8 Å². The van der Waals surface area contributed by atoms with Gasteiger partial charge in [-0.3, -0.25) is 9.83 Å². The summed E-state index contributed by atoms with van der Waals surface area (Å²) in [6.45, 7) is 4.29. The Morgan fingerprint density at radius 2 is 2.25 bits per heavy atom. The average molecular weight is 254 g/mol. The average Bonchev–Trinajstić information content (AvgIpc) is 2.52. The van der Waals surface area contributed by atoms with E-state index in [0.717, 1.165) is 24.9 Å². The molecule has 4 nitrogen and oxygen atoms in total. The number of hydrogen-bond acceptors (Lipinski definition) is 5. The zero-order valence-electron chi connectivity index (χ0n) is 9.95. The molecule has 0 aliphatic heterocycles. The Morgan fingerprint density at radius 3 is 2.69 bits per heavy atom. The summed E-state index contributed by atoms with van der Waals surface area (Å²) in [6, 6.07) is 0. The van der Waals surface area contributed by atoms with Crippen molar-refractivity contribution in [2.24, 2.45) is 16.7 Å². The van der Waals surface area contributed by atoms with E-state index in [4.69, 9.17) is 0 Å². The molecule has 0 spiro atoms. The topological polar surface area (TPSA) is 58.6 Å². The Bertz CT molecular complexity index is 284. The van der Waals surface area contributed by atoms with Gasteiger partial charge in [0.05, 0.1) is 0 Å². The summed E-state index contributed by atoms with van der Waals surface area (Å²) < 4.78 is 4.29. The molecule has 16 heavy (non-hydrogen) atoms. The van der Waals surface area contributed by atoms with Crippen molar-refractivity contribution in [3.05, 3.63) is 0 Å². The smallest absolute Gasteiger partial charge is 0.691 e. The van der Waals surface area contributed by atoms with Gasteiger partial charge in [0, 0.05) is 29.6 Å². The van der Waals surface area contributed by atoms with Crippen LogP contribution in [0.2, 0.25) is 0 Å². The van der Waals surface area contributed by atoms with Crippen molar-refractivity contribution in [2.45, 2.75) is 33.1 Å². The van der Waals surface area contributed by atoms with E-state index in [9.17, 15) is 10.1 Å². The molecule has 0 radical (unpaired) electrons. The third-order valence-electron chi connectivity index (χ3n) is 4.52. The van der Waals surface area contributed by atoms with Gasteiger partial charge in [-0.25, -0.2) is 0 Å². The van der Waals surface area contributed by atoms with Crippen LogP contribution in [-0.4, -0.2) is 11.5 Å². The van der Waals surface area contributed by atoms with Gasteiger partial charge in [-0.05, 0) is 24.2 Å². The fraction of sp³-hybridized carbons (Fsp3) is 0.900. The summed E-state index contributed by atoms with van der Waals surface area (Å²) in [5, 5.41) is 13.0. The molecule has 0 aromatic carbocycles. The Kier molecular flexibility index (Phi) is 4.92. The van der Waals surface area contributed by atoms with Gasteiger partial charge in [-0.1, -0.05) is 13.8 Å². The van der Waals surface area contributed by atoms with Crippen LogP contribution in [0.1, 0.15) is 33.1 Å². The molecule has 2 aliphatic carbocycles. The summed E-state index contributed by atoms with van der Waals surface area (Å²) in [5.74, 6) is 1.35. The fourth-order valence-corrected chi connectivity index (χ4v) is 4.22. The van der Waals surface area contributed by atoms with Gasteiger partial charge in [0.25, 0.3) is 0 Å². The molecular weight excluding hydrogens is 239 g/mol. The molecule has 2 rings (SSSR count). The SMILES string of the molecule is CC1(C)C2CCC1(CSOO[O-])C(=O)C2.[Na+]. The van der Waals surface area contributed by atoms with Crippen molar-refractivity contribution in [1.82, 2.24) is 0 Å². The molecule has 2 atom stereocenters. The van der Waals surface area contributed by atoms with E-state index in [1.807, 2.05) is 0 Å². The number of ketones is 1. The zero-order chi connectivity index (χ0) is 11.1. The van der Waals surface area contributed by atoms with E-state index in [1.54, 1.807) is 0 Å². The minimum absolute atomic E-state index is 0. The van der Waals surface area contributed by atoms with Crippen LogP contribution in [0, 0.1) is 16.7 Å². The molecule has 0 N–H and O–H groups in total. The summed E-state index contributed by atoms with van der Waals surface area (Å²) in [5.41, 5.74) is -0.274. The van der Waals surface area contributed by atoms with Gasteiger partial charge in [0.15, 0.2) is 0 Å². The zero-order valence-corrected chi connectivity index (χ0v) is 12.8. The first kappa shape index (κ1) is 15.0. The maximum atomic E-state index is 12.0. The van der Waals surface area contributed by atoms with Crippen LogP contribution in [0.4, 0.5) is 0 Å². The molecule has 0 amide bonds. The standard InChI is InChI=1S/C10H16O4S.Na/c1-9(2)7-3-4-10(9,8(11)5-7)6-15-14-13-12;/h7,12H,3-6H2,1-2H3;/q;+1/p-1. The first-order valence-corrected chi connectivity index (χ1v) is 6.07. The minimum atomic E-state index is -0.305. The molecule has 0 saturated heterocycles. The summed E-state index contributed by atoms with van der Waals surface area (Å²) >= 11 is 0.951. The maximum absolute atomic E-state index is 12.0. The van der Waals surface area contributed by atoms with Gasteiger partial charge < -0.3 is 5.26 Å². The van der Waals surface area contributed by atoms with Crippen LogP contribution in [-0.2, 0) is 14.2 Å². The fourth-order valence-electron chi connectivity index (χ4n) is 3.25. The van der Waals surface area contributed by atoms with Gasteiger partial charge in [0.2, 0.25) is 0 Å². The molecule has 2 aliphatic rings. The van der Waals surface area contributed by atoms with Crippen LogP contribution in [0.15, 0.2) is 0 Å². The van der Waals surface area contributed by atoms with Crippen molar-refractivity contribution in [3.8, 4) is 0 Å². The molecule has 0 heterocycles. The van der Waals surface area contributed by atoms with Crippen LogP contribution in [0.5, 0.6) is 0 Å². The Labute approximate surface area is 122 Å². The summed E-state index contributed by atoms with van der Waals surface area (Å²) in [7, 11) is 0. The van der Waals surface area contributed by atoms with Gasteiger partial charge >= 0.3 is 29.6 Å². The van der Waals surface area contributed by atoms with E-state index in [2.05, 4.69) is 23.2 Å². The third-order valence-corrected chi connectivity index (χ3v) is 5.28. The minimum Gasteiger partial charge on any atom is -0.691 e. The largest absolute Gasteiger partial charge is 1.00 e. The summed E-state index contributed by atoms with van der Waals surface area (Å²) in [4.78, 5) is 12.0.